The van der Waals surface area contributed by atoms with Crippen molar-refractivity contribution in [3.05, 3.63) is 77.7 Å². The van der Waals surface area contributed by atoms with Crippen LogP contribution in [-0.2, 0) is 10.0 Å². The van der Waals surface area contributed by atoms with Crippen LogP contribution in [0.25, 0.3) is 16.9 Å². The molecule has 0 spiro atoms. The molecule has 4 aromatic rings. The van der Waals surface area contributed by atoms with Crippen LogP contribution in [0.5, 0.6) is 0 Å². The molecule has 2 aromatic heterocycles. The van der Waals surface area contributed by atoms with Crippen LogP contribution in [0.4, 0.5) is 5.69 Å². The second-order valence-corrected chi connectivity index (χ2v) is 9.50. The highest BCUT2D eigenvalue weighted by atomic mass is 35.5. The summed E-state index contributed by atoms with van der Waals surface area (Å²) in [5.74, 6) is 0.0989. The molecule has 2 aromatic carbocycles. The van der Waals surface area contributed by atoms with Crippen LogP contribution >= 0.6 is 11.6 Å². The number of aromatic nitrogens is 3. The number of anilines is 1. The zero-order valence-electron chi connectivity index (χ0n) is 17.3. The number of imidazole rings is 1. The van der Waals surface area contributed by atoms with Crippen LogP contribution in [0, 0.1) is 0 Å². The van der Waals surface area contributed by atoms with Gasteiger partial charge in [0.1, 0.15) is 12.1 Å². The fourth-order valence-corrected chi connectivity index (χ4v) is 4.65. The van der Waals surface area contributed by atoms with Crippen molar-refractivity contribution in [1.29, 1.82) is 0 Å². The SMILES string of the molecule is CC(C)NS(=O)(=O)c1ccc(Cl)c(C(=O)Nc2ccc(-n3cnc4ccccc43)nc2)c1. The lowest BCUT2D eigenvalue weighted by Crippen LogP contribution is -2.30. The van der Waals surface area contributed by atoms with Crippen molar-refractivity contribution in [3.8, 4) is 5.82 Å². The summed E-state index contributed by atoms with van der Waals surface area (Å²) < 4.78 is 29.2. The van der Waals surface area contributed by atoms with Gasteiger partial charge in [-0.3, -0.25) is 9.36 Å². The maximum atomic E-state index is 12.8. The number of hydrogen-bond acceptors (Lipinski definition) is 5. The number of benzene rings is 2. The molecule has 0 radical (unpaired) electrons. The van der Waals surface area contributed by atoms with Crippen LogP contribution in [0.3, 0.4) is 0 Å². The number of sulfonamides is 1. The van der Waals surface area contributed by atoms with Crippen molar-refractivity contribution >= 4 is 44.3 Å². The average molecular weight is 470 g/mol. The van der Waals surface area contributed by atoms with Gasteiger partial charge in [0.25, 0.3) is 5.91 Å². The van der Waals surface area contributed by atoms with E-state index in [0.29, 0.717) is 11.5 Å². The van der Waals surface area contributed by atoms with Crippen LogP contribution < -0.4 is 10.0 Å². The lowest BCUT2D eigenvalue weighted by molar-refractivity contribution is 0.102. The molecule has 0 aliphatic heterocycles. The zero-order chi connectivity index (χ0) is 22.9. The molecule has 0 atom stereocenters. The minimum atomic E-state index is -3.76. The maximum absolute atomic E-state index is 12.8. The second-order valence-electron chi connectivity index (χ2n) is 7.38. The van der Waals surface area contributed by atoms with E-state index in [1.165, 1.54) is 24.4 Å². The molecule has 0 saturated heterocycles. The van der Waals surface area contributed by atoms with Gasteiger partial charge in [-0.05, 0) is 56.3 Å². The molecule has 0 aliphatic rings. The Bertz CT molecular complexity index is 1400. The Kier molecular flexibility index (Phi) is 5.96. The van der Waals surface area contributed by atoms with E-state index in [9.17, 15) is 13.2 Å². The number of amides is 1. The first-order chi connectivity index (χ1) is 15.2. The van der Waals surface area contributed by atoms with Gasteiger partial charge < -0.3 is 5.32 Å². The Morgan fingerprint density at radius 1 is 1.06 bits per heavy atom. The first-order valence-corrected chi connectivity index (χ1v) is 11.6. The van der Waals surface area contributed by atoms with Crippen molar-refractivity contribution in [2.45, 2.75) is 24.8 Å². The number of para-hydroxylation sites is 2. The lowest BCUT2D eigenvalue weighted by atomic mass is 10.2. The molecule has 164 valence electrons. The molecule has 0 saturated carbocycles. The number of nitrogens with one attached hydrogen (secondary N) is 2. The number of hydrogen-bond donors (Lipinski definition) is 2. The van der Waals surface area contributed by atoms with Gasteiger partial charge in [-0.25, -0.2) is 23.1 Å². The Balaban J connectivity index is 1.56. The van der Waals surface area contributed by atoms with Gasteiger partial charge in [-0.15, -0.1) is 0 Å². The molecule has 32 heavy (non-hydrogen) atoms. The largest absolute Gasteiger partial charge is 0.321 e. The number of halogens is 1. The molecule has 2 heterocycles. The summed E-state index contributed by atoms with van der Waals surface area (Å²) in [6.45, 7) is 3.43. The van der Waals surface area contributed by atoms with Crippen LogP contribution in [0.1, 0.15) is 24.2 Å². The van der Waals surface area contributed by atoms with E-state index in [1.807, 2.05) is 28.8 Å². The first kappa shape index (κ1) is 21.9. The summed E-state index contributed by atoms with van der Waals surface area (Å²) in [5, 5.41) is 2.84. The van der Waals surface area contributed by atoms with E-state index < -0.39 is 15.9 Å². The monoisotopic (exact) mass is 469 g/mol. The van der Waals surface area contributed by atoms with Gasteiger partial charge in [-0.2, -0.15) is 0 Å². The molecule has 0 bridgehead atoms. The second kappa shape index (κ2) is 8.70. The number of rotatable bonds is 6. The molecular formula is C22H20ClN5O3S. The Labute approximate surface area is 190 Å². The fraction of sp³-hybridized carbons (Fsp3) is 0.136. The van der Waals surface area contributed by atoms with Gasteiger partial charge in [0.05, 0.1) is 38.4 Å². The number of fused-ring (bicyclic) bond motifs is 1. The van der Waals surface area contributed by atoms with Crippen LogP contribution in [0.15, 0.2) is 72.0 Å². The van der Waals surface area contributed by atoms with Crippen LogP contribution in [0.2, 0.25) is 5.02 Å². The van der Waals surface area contributed by atoms with Crippen molar-refractivity contribution in [1.82, 2.24) is 19.3 Å². The number of nitrogens with zero attached hydrogens (tertiary/aromatic N) is 3. The highest BCUT2D eigenvalue weighted by Crippen LogP contribution is 2.23. The van der Waals surface area contributed by atoms with Crippen molar-refractivity contribution in [2.75, 3.05) is 5.32 Å². The van der Waals surface area contributed by atoms with E-state index in [2.05, 4.69) is 20.0 Å². The number of carbonyl (C=O) groups is 1. The van der Waals surface area contributed by atoms with Gasteiger partial charge >= 0.3 is 0 Å². The maximum Gasteiger partial charge on any atom is 0.257 e. The minimum Gasteiger partial charge on any atom is -0.321 e. The van der Waals surface area contributed by atoms with Gasteiger partial charge in [0, 0.05) is 6.04 Å². The summed E-state index contributed by atoms with van der Waals surface area (Å²) in [7, 11) is -3.76. The van der Waals surface area contributed by atoms with E-state index in [-0.39, 0.29) is 21.5 Å². The standard InChI is InChI=1S/C22H20ClN5O3S/c1-14(2)27-32(30,31)16-8-9-18(23)17(11-16)22(29)26-15-7-10-21(24-12-15)28-13-25-19-5-3-4-6-20(19)28/h3-14,27H,1-2H3,(H,26,29). The third-order valence-electron chi connectivity index (χ3n) is 4.59. The van der Waals surface area contributed by atoms with E-state index >= 15 is 0 Å². The fourth-order valence-electron chi connectivity index (χ4n) is 3.17. The molecule has 8 nitrogen and oxygen atoms in total. The van der Waals surface area contributed by atoms with E-state index in [4.69, 9.17) is 11.6 Å². The normalized spacial score (nSPS) is 11.8. The highest BCUT2D eigenvalue weighted by molar-refractivity contribution is 7.89. The Hall–Kier alpha value is -3.27. The average Bonchev–Trinajstić information content (AvgIpc) is 3.17. The topological polar surface area (TPSA) is 106 Å². The van der Waals surface area contributed by atoms with Crippen molar-refractivity contribution in [3.63, 3.8) is 0 Å². The summed E-state index contributed by atoms with van der Waals surface area (Å²) >= 11 is 6.16. The lowest BCUT2D eigenvalue weighted by Gasteiger charge is -2.12. The quantitative estimate of drug-likeness (QED) is 0.443. The third kappa shape index (κ3) is 4.50. The predicted octanol–water partition coefficient (Wildman–Crippen LogP) is 4.01. The van der Waals surface area contributed by atoms with Gasteiger partial charge in [0.2, 0.25) is 10.0 Å². The van der Waals surface area contributed by atoms with E-state index in [0.717, 1.165) is 11.0 Å². The first-order valence-electron chi connectivity index (χ1n) is 9.76. The molecule has 10 heteroatoms. The minimum absolute atomic E-state index is 0.0405. The molecule has 0 unspecified atom stereocenters. The summed E-state index contributed by atoms with van der Waals surface area (Å²) in [6, 6.07) is 14.8. The summed E-state index contributed by atoms with van der Waals surface area (Å²) in [4.78, 5) is 21.5. The Morgan fingerprint density at radius 3 is 2.56 bits per heavy atom. The Morgan fingerprint density at radius 2 is 1.84 bits per heavy atom. The summed E-state index contributed by atoms with van der Waals surface area (Å²) in [6.07, 6.45) is 3.19. The molecule has 0 aliphatic carbocycles. The third-order valence-corrected chi connectivity index (χ3v) is 6.58. The number of carbonyl (C=O) groups excluding carboxylic acids is 1. The smallest absolute Gasteiger partial charge is 0.257 e. The van der Waals surface area contributed by atoms with Gasteiger partial charge in [0.15, 0.2) is 0 Å². The molecule has 0 fully saturated rings. The van der Waals surface area contributed by atoms with Crippen molar-refractivity contribution in [2.24, 2.45) is 0 Å². The molecule has 2 N–H and O–H groups in total. The molecule has 4 rings (SSSR count). The predicted molar refractivity (Wildman–Crippen MR) is 124 cm³/mol. The summed E-state index contributed by atoms with van der Waals surface area (Å²) in [5.41, 5.74) is 2.25. The molecule has 1 amide bonds. The van der Waals surface area contributed by atoms with Crippen molar-refractivity contribution < 1.29 is 13.2 Å². The van der Waals surface area contributed by atoms with Crippen LogP contribution in [-0.4, -0.2) is 34.9 Å². The zero-order valence-corrected chi connectivity index (χ0v) is 18.9. The highest BCUT2D eigenvalue weighted by Gasteiger charge is 2.20. The van der Waals surface area contributed by atoms with E-state index in [1.54, 1.807) is 32.3 Å². The van der Waals surface area contributed by atoms with Gasteiger partial charge in [-0.1, -0.05) is 23.7 Å². The number of pyridine rings is 1. The molecular weight excluding hydrogens is 450 g/mol.